The molecule has 2 N–H and O–H groups in total. The Morgan fingerprint density at radius 1 is 1.06 bits per heavy atom. The summed E-state index contributed by atoms with van der Waals surface area (Å²) in [7, 11) is 1.86. The van der Waals surface area contributed by atoms with Gasteiger partial charge in [0.05, 0.1) is 10.7 Å². The molecule has 168 valence electrons. The molecule has 0 spiro atoms. The van der Waals surface area contributed by atoms with Crippen LogP contribution in [0.15, 0.2) is 30.5 Å². The maximum Gasteiger partial charge on any atom is 0.219 e. The second kappa shape index (κ2) is 11.9. The SMILES string of the molecule is CC(=O)N1CCCCC1.CNc1cccc(-c2cc(NC3CCCCC3)ncc2Cl)n1. The quantitative estimate of drug-likeness (QED) is 0.643. The first-order valence-corrected chi connectivity index (χ1v) is 11.8. The molecule has 2 aromatic heterocycles. The van der Waals surface area contributed by atoms with Gasteiger partial charge >= 0.3 is 0 Å². The molecule has 0 atom stereocenters. The van der Waals surface area contributed by atoms with Gasteiger partial charge in [0, 0.05) is 44.9 Å². The van der Waals surface area contributed by atoms with E-state index in [9.17, 15) is 4.79 Å². The molecule has 0 aromatic carbocycles. The Kier molecular flexibility index (Phi) is 8.95. The molecule has 2 aliphatic rings. The molecule has 0 unspecified atom stereocenters. The number of nitrogens with zero attached hydrogens (tertiary/aromatic N) is 3. The second-order valence-corrected chi connectivity index (χ2v) is 8.66. The first-order chi connectivity index (χ1) is 15.1. The number of piperidine rings is 1. The van der Waals surface area contributed by atoms with Gasteiger partial charge in [-0.15, -0.1) is 0 Å². The Morgan fingerprint density at radius 3 is 2.42 bits per heavy atom. The first kappa shape index (κ1) is 23.3. The van der Waals surface area contributed by atoms with E-state index in [1.807, 2.05) is 36.2 Å². The van der Waals surface area contributed by atoms with Crippen LogP contribution in [0.25, 0.3) is 11.3 Å². The molecule has 7 heteroatoms. The summed E-state index contributed by atoms with van der Waals surface area (Å²) in [6, 6.07) is 8.39. The van der Waals surface area contributed by atoms with E-state index in [-0.39, 0.29) is 5.91 Å². The lowest BCUT2D eigenvalue weighted by Gasteiger charge is -2.24. The molecule has 1 saturated heterocycles. The van der Waals surface area contributed by atoms with Crippen LogP contribution in [0.1, 0.15) is 58.3 Å². The van der Waals surface area contributed by atoms with Gasteiger partial charge in [-0.3, -0.25) is 4.79 Å². The Hall–Kier alpha value is -2.34. The summed E-state index contributed by atoms with van der Waals surface area (Å²) < 4.78 is 0. The number of amides is 1. The Bertz CT molecular complexity index is 848. The molecular formula is C24H34ClN5O. The highest BCUT2D eigenvalue weighted by Gasteiger charge is 2.15. The standard InChI is InChI=1S/C17H21ClN4.C7H13NO/c1-19-16-9-5-8-15(22-16)13-10-17(20-11-14(13)18)21-12-6-3-2-4-7-12;1-7(9)8-5-3-2-4-6-8/h5,8-12H,2-4,6-7H2,1H3,(H,19,22)(H,20,21);2-6H2,1H3. The summed E-state index contributed by atoms with van der Waals surface area (Å²) in [5.41, 5.74) is 1.76. The van der Waals surface area contributed by atoms with E-state index in [0.29, 0.717) is 11.1 Å². The number of halogens is 1. The summed E-state index contributed by atoms with van der Waals surface area (Å²) in [6.07, 6.45) is 11.8. The van der Waals surface area contributed by atoms with Crippen LogP contribution in [-0.2, 0) is 4.79 Å². The number of rotatable bonds is 4. The van der Waals surface area contributed by atoms with Gasteiger partial charge in [-0.1, -0.05) is 36.9 Å². The summed E-state index contributed by atoms with van der Waals surface area (Å²) >= 11 is 6.32. The van der Waals surface area contributed by atoms with Gasteiger partial charge in [0.25, 0.3) is 0 Å². The zero-order valence-corrected chi connectivity index (χ0v) is 19.4. The minimum Gasteiger partial charge on any atom is -0.373 e. The van der Waals surface area contributed by atoms with Gasteiger partial charge in [-0.25, -0.2) is 9.97 Å². The van der Waals surface area contributed by atoms with Crippen molar-refractivity contribution < 1.29 is 4.79 Å². The third kappa shape index (κ3) is 7.10. The normalized spacial score (nSPS) is 16.8. The number of likely N-dealkylation sites (tertiary alicyclic amines) is 1. The van der Waals surface area contributed by atoms with Crippen LogP contribution in [0.3, 0.4) is 0 Å². The molecule has 1 aliphatic heterocycles. The minimum absolute atomic E-state index is 0.231. The highest BCUT2D eigenvalue weighted by Crippen LogP contribution is 2.30. The van der Waals surface area contributed by atoms with Crippen molar-refractivity contribution in [1.82, 2.24) is 14.9 Å². The number of hydrogen-bond acceptors (Lipinski definition) is 5. The van der Waals surface area contributed by atoms with E-state index < -0.39 is 0 Å². The van der Waals surface area contributed by atoms with Gasteiger partial charge < -0.3 is 15.5 Å². The molecule has 6 nitrogen and oxygen atoms in total. The van der Waals surface area contributed by atoms with Gasteiger partial charge in [0.15, 0.2) is 0 Å². The van der Waals surface area contributed by atoms with E-state index in [1.54, 1.807) is 13.1 Å². The van der Waals surface area contributed by atoms with Crippen LogP contribution >= 0.6 is 11.6 Å². The molecule has 3 heterocycles. The fourth-order valence-electron chi connectivity index (χ4n) is 4.10. The fourth-order valence-corrected chi connectivity index (χ4v) is 4.30. The average molecular weight is 444 g/mol. The number of anilines is 2. The van der Waals surface area contributed by atoms with Crippen molar-refractivity contribution in [2.24, 2.45) is 0 Å². The molecule has 0 bridgehead atoms. The highest BCUT2D eigenvalue weighted by atomic mass is 35.5. The van der Waals surface area contributed by atoms with E-state index in [0.717, 1.165) is 36.0 Å². The van der Waals surface area contributed by atoms with Crippen LogP contribution < -0.4 is 10.6 Å². The maximum atomic E-state index is 10.7. The van der Waals surface area contributed by atoms with Gasteiger partial charge in [0.2, 0.25) is 5.91 Å². The molecule has 1 saturated carbocycles. The first-order valence-electron chi connectivity index (χ1n) is 11.4. The lowest BCUT2D eigenvalue weighted by atomic mass is 9.95. The van der Waals surface area contributed by atoms with E-state index in [4.69, 9.17) is 11.6 Å². The average Bonchev–Trinajstić information content (AvgIpc) is 2.82. The van der Waals surface area contributed by atoms with Crippen LogP contribution in [0.2, 0.25) is 5.02 Å². The molecule has 0 radical (unpaired) electrons. The Morgan fingerprint density at radius 2 is 1.77 bits per heavy atom. The lowest BCUT2D eigenvalue weighted by molar-refractivity contribution is -0.129. The summed E-state index contributed by atoms with van der Waals surface area (Å²) in [4.78, 5) is 21.6. The highest BCUT2D eigenvalue weighted by molar-refractivity contribution is 6.33. The van der Waals surface area contributed by atoms with Crippen molar-refractivity contribution in [1.29, 1.82) is 0 Å². The Balaban J connectivity index is 0.000000254. The zero-order valence-electron chi connectivity index (χ0n) is 18.7. The summed E-state index contributed by atoms with van der Waals surface area (Å²) in [6.45, 7) is 3.61. The van der Waals surface area contributed by atoms with E-state index in [2.05, 4.69) is 20.6 Å². The summed E-state index contributed by atoms with van der Waals surface area (Å²) in [5, 5.41) is 7.21. The molecule has 4 rings (SSSR count). The third-order valence-corrected chi connectivity index (χ3v) is 6.20. The third-order valence-electron chi connectivity index (χ3n) is 5.90. The topological polar surface area (TPSA) is 70.2 Å². The van der Waals surface area contributed by atoms with Crippen LogP contribution in [0.4, 0.5) is 11.6 Å². The molecule has 1 amide bonds. The Labute approximate surface area is 190 Å². The fraction of sp³-hybridized carbons (Fsp3) is 0.542. The van der Waals surface area contributed by atoms with Crippen molar-refractivity contribution in [2.45, 2.75) is 64.3 Å². The predicted molar refractivity (Wildman–Crippen MR) is 129 cm³/mol. The number of hydrogen-bond donors (Lipinski definition) is 2. The monoisotopic (exact) mass is 443 g/mol. The number of aromatic nitrogens is 2. The van der Waals surface area contributed by atoms with Gasteiger partial charge in [-0.05, 0) is 50.3 Å². The van der Waals surface area contributed by atoms with Crippen molar-refractivity contribution in [3.8, 4) is 11.3 Å². The van der Waals surface area contributed by atoms with Crippen LogP contribution in [0, 0.1) is 0 Å². The molecule has 1 aliphatic carbocycles. The lowest BCUT2D eigenvalue weighted by Crippen LogP contribution is -2.33. The maximum absolute atomic E-state index is 10.7. The second-order valence-electron chi connectivity index (χ2n) is 8.25. The number of nitrogens with one attached hydrogen (secondary N) is 2. The zero-order chi connectivity index (χ0) is 22.1. The van der Waals surface area contributed by atoms with Gasteiger partial charge in [-0.2, -0.15) is 0 Å². The van der Waals surface area contributed by atoms with Crippen LogP contribution in [0.5, 0.6) is 0 Å². The van der Waals surface area contributed by atoms with Crippen molar-refractivity contribution >= 4 is 29.1 Å². The predicted octanol–water partition coefficient (Wildman–Crippen LogP) is 5.60. The number of carbonyl (C=O) groups excluding carboxylic acids is 1. The molecular weight excluding hydrogens is 410 g/mol. The molecule has 2 fully saturated rings. The minimum atomic E-state index is 0.231. The largest absolute Gasteiger partial charge is 0.373 e. The molecule has 31 heavy (non-hydrogen) atoms. The van der Waals surface area contributed by atoms with Crippen LogP contribution in [-0.4, -0.2) is 47.0 Å². The van der Waals surface area contributed by atoms with Gasteiger partial charge in [0.1, 0.15) is 11.6 Å². The van der Waals surface area contributed by atoms with E-state index >= 15 is 0 Å². The summed E-state index contributed by atoms with van der Waals surface area (Å²) in [5.74, 6) is 1.94. The molecule has 2 aromatic rings. The van der Waals surface area contributed by atoms with E-state index in [1.165, 1.54) is 51.4 Å². The van der Waals surface area contributed by atoms with Crippen molar-refractivity contribution in [2.75, 3.05) is 30.8 Å². The number of pyridine rings is 2. The number of carbonyl (C=O) groups is 1. The smallest absolute Gasteiger partial charge is 0.219 e. The van der Waals surface area contributed by atoms with Crippen molar-refractivity contribution in [3.05, 3.63) is 35.5 Å². The van der Waals surface area contributed by atoms with Crippen molar-refractivity contribution in [3.63, 3.8) is 0 Å².